The number of hydrogen-bond donors (Lipinski definition) is 1. The number of ether oxygens (including phenoxy) is 9. The Balaban J connectivity index is 1.78. The van der Waals surface area contributed by atoms with Crippen LogP contribution < -0.4 is 25.1 Å². The highest BCUT2D eigenvalue weighted by Crippen LogP contribution is 2.33. The molecule has 0 amide bonds. The average molecular weight is 766 g/mol. The van der Waals surface area contributed by atoms with Crippen LogP contribution in [-0.4, -0.2) is 95.3 Å². The first-order chi connectivity index (χ1) is 24.2. The number of carbonyl (C=O) groups excluding carboxylic acids is 4. The number of anilines is 1. The number of esters is 1. The maximum atomic E-state index is 12.1. The molecule has 3 rings (SSSR count). The summed E-state index contributed by atoms with van der Waals surface area (Å²) in [6.07, 6.45) is -1.42. The van der Waals surface area contributed by atoms with Crippen LogP contribution in [0.3, 0.4) is 0 Å². The summed E-state index contributed by atoms with van der Waals surface area (Å²) in [6, 6.07) is -0.499. The van der Waals surface area contributed by atoms with E-state index < -0.39 is 91.4 Å². The molecular formula is C26H33N5O18P2. The highest BCUT2D eigenvalue weighted by molar-refractivity contribution is 7.44. The lowest BCUT2D eigenvalue weighted by Gasteiger charge is -2.30. The summed E-state index contributed by atoms with van der Waals surface area (Å²) in [4.78, 5) is 88.8. The maximum absolute atomic E-state index is 12.1. The first-order valence-corrected chi connectivity index (χ1v) is 16.9. The number of imidazole rings is 1. The van der Waals surface area contributed by atoms with Gasteiger partial charge in [0, 0.05) is 18.6 Å². The van der Waals surface area contributed by atoms with Crippen LogP contribution in [0.15, 0.2) is 12.2 Å². The van der Waals surface area contributed by atoms with Crippen molar-refractivity contribution in [1.29, 1.82) is 0 Å². The molecule has 51 heavy (non-hydrogen) atoms. The van der Waals surface area contributed by atoms with Gasteiger partial charge in [-0.15, -0.1) is 13.8 Å². The molecule has 3 heterocycles. The summed E-state index contributed by atoms with van der Waals surface area (Å²) in [7, 11) is -5.26. The SMILES string of the molecule is CCC(OCO/C=[P+](\[O-])OCOC(=O)OC(C)C)(OCO/C=[P+](\[O-])OCOC(=O)OC(C)C)c1nc(N)c2c(n1)nc1n2OC(=O)/C=C/C(=O)O1. The molecule has 0 bridgehead atoms. The molecule has 0 aliphatic carbocycles. The molecule has 2 N–H and O–H groups in total. The third kappa shape index (κ3) is 13.0. The van der Waals surface area contributed by atoms with Gasteiger partial charge in [0.15, 0.2) is 36.4 Å². The van der Waals surface area contributed by atoms with Gasteiger partial charge in [0.25, 0.3) is 16.0 Å². The van der Waals surface area contributed by atoms with Gasteiger partial charge >= 0.3 is 30.3 Å². The molecule has 0 saturated heterocycles. The van der Waals surface area contributed by atoms with Crippen molar-refractivity contribution in [3.05, 3.63) is 18.0 Å². The minimum atomic E-state index is -2.63. The number of fused-ring (bicyclic) bond motifs is 3. The van der Waals surface area contributed by atoms with Crippen LogP contribution in [0, 0.1) is 0 Å². The predicted octanol–water partition coefficient (Wildman–Crippen LogP) is 0.318. The third-order valence-electron chi connectivity index (χ3n) is 5.42. The Morgan fingerprint density at radius 2 is 1.41 bits per heavy atom. The van der Waals surface area contributed by atoms with Gasteiger partial charge in [-0.2, -0.15) is 4.98 Å². The fraction of sp³-hybridized carbons (Fsp3) is 0.500. The summed E-state index contributed by atoms with van der Waals surface area (Å²) < 4.78 is 56.0. The molecule has 2 unspecified atom stereocenters. The maximum Gasteiger partial charge on any atom is 0.510 e. The Hall–Kier alpha value is -4.41. The van der Waals surface area contributed by atoms with Crippen LogP contribution in [0.4, 0.5) is 15.4 Å². The monoisotopic (exact) mass is 765 g/mol. The molecule has 1 aliphatic heterocycles. The fourth-order valence-corrected chi connectivity index (χ4v) is 4.20. The van der Waals surface area contributed by atoms with Gasteiger partial charge in [-0.05, 0) is 27.7 Å². The quantitative estimate of drug-likeness (QED) is 0.0924. The summed E-state index contributed by atoms with van der Waals surface area (Å²) in [5.74, 6) is -3.07. The standard InChI is InChI=1S/C26H33N5O18P2/c1-6-26(42-9-38-13-50(36)44-11-40-24(34)46-15(2)3,43-10-39-14-51(37)45-12-41-25(35)47-16(4)5)22-28-20(27)19-21(29-22)30-23-31(19)49-18(33)8-7-17(32)48-23/h7-8,13-16H,6,9-12H2,1-5H3,(H2,27,28,29)/b8-7+. The lowest BCUT2D eigenvalue weighted by Crippen LogP contribution is -2.36. The molecule has 0 fully saturated rings. The summed E-state index contributed by atoms with van der Waals surface area (Å²) in [5.41, 5.74) is 5.78. The van der Waals surface area contributed by atoms with Gasteiger partial charge in [-0.25, -0.2) is 29.1 Å². The van der Waals surface area contributed by atoms with Crippen LogP contribution in [0.2, 0.25) is 0 Å². The van der Waals surface area contributed by atoms with E-state index >= 15 is 0 Å². The summed E-state index contributed by atoms with van der Waals surface area (Å²) >= 11 is 0. The number of aromatic nitrogens is 4. The largest absolute Gasteiger partial charge is 0.601 e. The number of nitrogen functional groups attached to an aromatic ring is 1. The summed E-state index contributed by atoms with van der Waals surface area (Å²) in [5, 5.41) is 0. The first-order valence-electron chi connectivity index (χ1n) is 14.4. The van der Waals surface area contributed by atoms with E-state index in [1.165, 1.54) is 0 Å². The van der Waals surface area contributed by atoms with E-state index in [1.807, 2.05) is 0 Å². The van der Waals surface area contributed by atoms with Gasteiger partial charge in [0.1, 0.15) is 0 Å². The molecule has 23 nitrogen and oxygen atoms in total. The molecular weight excluding hydrogens is 732 g/mol. The molecule has 2 aromatic heterocycles. The van der Waals surface area contributed by atoms with Gasteiger partial charge < -0.3 is 53.5 Å². The summed E-state index contributed by atoms with van der Waals surface area (Å²) in [6.45, 7) is 5.17. The third-order valence-corrected chi connectivity index (χ3v) is 6.79. The van der Waals surface area contributed by atoms with Gasteiger partial charge in [-0.1, -0.05) is 6.92 Å². The van der Waals surface area contributed by atoms with Crippen LogP contribution in [0.5, 0.6) is 6.01 Å². The normalized spacial score (nSPS) is 15.4. The second kappa shape index (κ2) is 19.8. The minimum Gasteiger partial charge on any atom is -0.601 e. The molecule has 280 valence electrons. The van der Waals surface area contributed by atoms with Crippen LogP contribution in [0.25, 0.3) is 11.2 Å². The molecule has 0 aromatic carbocycles. The van der Waals surface area contributed by atoms with E-state index in [2.05, 4.69) is 24.4 Å². The number of carbonyl (C=O) groups is 4. The van der Waals surface area contributed by atoms with E-state index in [4.69, 9.17) is 52.8 Å². The van der Waals surface area contributed by atoms with E-state index in [1.54, 1.807) is 34.6 Å². The van der Waals surface area contributed by atoms with Crippen LogP contribution >= 0.6 is 16.0 Å². The molecule has 1 aliphatic rings. The molecule has 2 aromatic rings. The smallest absolute Gasteiger partial charge is 0.510 e. The minimum absolute atomic E-state index is 0.102. The molecule has 2 atom stereocenters. The second-order valence-electron chi connectivity index (χ2n) is 9.82. The zero-order valence-electron chi connectivity index (χ0n) is 27.6. The number of nitrogens with two attached hydrogens (primary N) is 1. The topological polar surface area (TPSA) is 295 Å². The van der Waals surface area contributed by atoms with E-state index in [-0.39, 0.29) is 29.2 Å². The highest BCUT2D eigenvalue weighted by atomic mass is 31.1. The van der Waals surface area contributed by atoms with Crippen molar-refractivity contribution in [2.75, 3.05) is 32.9 Å². The molecule has 0 spiro atoms. The predicted molar refractivity (Wildman–Crippen MR) is 165 cm³/mol. The van der Waals surface area contributed by atoms with Gasteiger partial charge in [0.2, 0.25) is 31.3 Å². The molecule has 0 radical (unpaired) electrons. The fourth-order valence-electron chi connectivity index (χ4n) is 3.40. The van der Waals surface area contributed by atoms with Gasteiger partial charge in [-0.3, -0.25) is 9.47 Å². The van der Waals surface area contributed by atoms with E-state index in [9.17, 15) is 29.0 Å². The van der Waals surface area contributed by atoms with Crippen molar-refractivity contribution < 1.29 is 85.5 Å². The van der Waals surface area contributed by atoms with Crippen molar-refractivity contribution in [1.82, 2.24) is 19.7 Å². The van der Waals surface area contributed by atoms with Crippen LogP contribution in [-0.2, 0) is 62.3 Å². The number of rotatable bonds is 18. The number of nitrogens with zero attached hydrogens (tertiary/aromatic N) is 4. The highest BCUT2D eigenvalue weighted by Gasteiger charge is 2.39. The van der Waals surface area contributed by atoms with Crippen molar-refractivity contribution in [2.24, 2.45) is 0 Å². The van der Waals surface area contributed by atoms with Crippen molar-refractivity contribution >= 4 is 69.2 Å². The first kappa shape index (κ1) is 41.0. The number of hydrogen-bond acceptors (Lipinski definition) is 22. The van der Waals surface area contributed by atoms with Crippen molar-refractivity contribution in [2.45, 2.75) is 59.0 Å². The van der Waals surface area contributed by atoms with E-state index in [0.717, 1.165) is 28.8 Å². The molecule has 0 saturated carbocycles. The van der Waals surface area contributed by atoms with Crippen LogP contribution in [0.1, 0.15) is 46.9 Å². The van der Waals surface area contributed by atoms with E-state index in [0.29, 0.717) is 0 Å². The van der Waals surface area contributed by atoms with Crippen molar-refractivity contribution in [3.63, 3.8) is 0 Å². The van der Waals surface area contributed by atoms with Crippen molar-refractivity contribution in [3.8, 4) is 6.01 Å². The Morgan fingerprint density at radius 3 is 1.92 bits per heavy atom. The zero-order chi connectivity index (χ0) is 37.6. The average Bonchev–Trinajstić information content (AvgIpc) is 3.37. The Morgan fingerprint density at radius 1 is 0.882 bits per heavy atom. The Bertz CT molecular complexity index is 1600. The second-order valence-corrected chi connectivity index (χ2v) is 11.9. The Kier molecular flexibility index (Phi) is 16.0. The zero-order valence-corrected chi connectivity index (χ0v) is 29.4. The molecule has 25 heteroatoms. The Labute approximate surface area is 290 Å². The van der Waals surface area contributed by atoms with Gasteiger partial charge in [0.05, 0.1) is 12.2 Å². The lowest BCUT2D eigenvalue weighted by molar-refractivity contribution is -0.295. The lowest BCUT2D eigenvalue weighted by atomic mass is 10.2.